The Hall–Kier alpha value is -1.05. The fraction of sp³-hybridized carbons (Fsp3) is 0.545. The molecule has 72 valence electrons. The Morgan fingerprint density at radius 3 is 2.77 bits per heavy atom. The van der Waals surface area contributed by atoms with Gasteiger partial charge in [-0.3, -0.25) is 0 Å². The van der Waals surface area contributed by atoms with Crippen LogP contribution in [0.1, 0.15) is 37.3 Å². The highest BCUT2D eigenvalue weighted by Crippen LogP contribution is 2.16. The molecule has 0 saturated carbocycles. The van der Waals surface area contributed by atoms with Gasteiger partial charge in [0.2, 0.25) is 0 Å². The molecule has 0 atom stereocenters. The second kappa shape index (κ2) is 4.85. The van der Waals surface area contributed by atoms with Crippen LogP contribution < -0.4 is 5.73 Å². The molecule has 0 fully saturated rings. The van der Waals surface area contributed by atoms with Gasteiger partial charge in [-0.05, 0) is 37.0 Å². The zero-order valence-electron chi connectivity index (χ0n) is 8.51. The van der Waals surface area contributed by atoms with Gasteiger partial charge >= 0.3 is 0 Å². The molecule has 0 aliphatic heterocycles. The molecule has 1 heterocycles. The first-order valence-electron chi connectivity index (χ1n) is 4.95. The van der Waals surface area contributed by atoms with Crippen LogP contribution in [0.5, 0.6) is 0 Å². The fourth-order valence-electron chi connectivity index (χ4n) is 1.49. The van der Waals surface area contributed by atoms with Gasteiger partial charge in [0.15, 0.2) is 0 Å². The van der Waals surface area contributed by atoms with Crippen LogP contribution in [0.4, 0.5) is 5.82 Å². The summed E-state index contributed by atoms with van der Waals surface area (Å²) in [6.07, 6.45) is 6.58. The predicted octanol–water partition coefficient (Wildman–Crippen LogP) is 2.70. The topological polar surface area (TPSA) is 38.9 Å². The van der Waals surface area contributed by atoms with E-state index in [1.807, 2.05) is 6.07 Å². The number of anilines is 1. The standard InChI is InChI=1S/C11H18N2/c1-3-4-5-6-10-9(2)7-8-13-11(10)12/h7-8H,3-6H2,1-2H3,(H2,12,13). The summed E-state index contributed by atoms with van der Waals surface area (Å²) in [6, 6.07) is 2.03. The van der Waals surface area contributed by atoms with Crippen LogP contribution >= 0.6 is 0 Å². The van der Waals surface area contributed by atoms with Gasteiger partial charge in [-0.15, -0.1) is 0 Å². The summed E-state index contributed by atoms with van der Waals surface area (Å²) in [5.41, 5.74) is 8.29. The van der Waals surface area contributed by atoms with Gasteiger partial charge in [-0.2, -0.15) is 0 Å². The highest BCUT2D eigenvalue weighted by atomic mass is 14.8. The van der Waals surface area contributed by atoms with E-state index in [1.54, 1.807) is 6.20 Å². The lowest BCUT2D eigenvalue weighted by molar-refractivity contribution is 0.715. The molecular formula is C11H18N2. The maximum absolute atomic E-state index is 5.79. The smallest absolute Gasteiger partial charge is 0.126 e. The Morgan fingerprint density at radius 1 is 1.38 bits per heavy atom. The summed E-state index contributed by atoms with van der Waals surface area (Å²) >= 11 is 0. The molecule has 0 bridgehead atoms. The third-order valence-corrected chi connectivity index (χ3v) is 2.35. The summed E-state index contributed by atoms with van der Waals surface area (Å²) in [4.78, 5) is 4.10. The molecule has 13 heavy (non-hydrogen) atoms. The third kappa shape index (κ3) is 2.72. The second-order valence-electron chi connectivity index (χ2n) is 3.45. The van der Waals surface area contributed by atoms with E-state index in [0.29, 0.717) is 5.82 Å². The number of nitrogen functional groups attached to an aromatic ring is 1. The lowest BCUT2D eigenvalue weighted by Gasteiger charge is -2.07. The van der Waals surface area contributed by atoms with Crippen molar-refractivity contribution in [2.75, 3.05) is 5.73 Å². The largest absolute Gasteiger partial charge is 0.383 e. The lowest BCUT2D eigenvalue weighted by Crippen LogP contribution is -2.00. The Bertz CT molecular complexity index is 249. The molecule has 0 saturated heterocycles. The molecule has 1 aromatic rings. The van der Waals surface area contributed by atoms with Crippen molar-refractivity contribution in [3.8, 4) is 0 Å². The van der Waals surface area contributed by atoms with Gasteiger partial charge in [0.1, 0.15) is 5.82 Å². The van der Waals surface area contributed by atoms with Crippen molar-refractivity contribution in [1.82, 2.24) is 4.98 Å². The van der Waals surface area contributed by atoms with E-state index in [4.69, 9.17) is 5.73 Å². The Labute approximate surface area is 80.2 Å². The van der Waals surface area contributed by atoms with Crippen molar-refractivity contribution in [1.29, 1.82) is 0 Å². The number of hydrogen-bond acceptors (Lipinski definition) is 2. The third-order valence-electron chi connectivity index (χ3n) is 2.35. The van der Waals surface area contributed by atoms with Gasteiger partial charge in [-0.25, -0.2) is 4.98 Å². The molecule has 0 spiro atoms. The Kier molecular flexibility index (Phi) is 3.74. The molecular weight excluding hydrogens is 160 g/mol. The van der Waals surface area contributed by atoms with E-state index in [-0.39, 0.29) is 0 Å². The highest BCUT2D eigenvalue weighted by molar-refractivity contribution is 5.43. The molecule has 0 aromatic carbocycles. The number of rotatable bonds is 4. The van der Waals surface area contributed by atoms with E-state index < -0.39 is 0 Å². The minimum Gasteiger partial charge on any atom is -0.383 e. The molecule has 0 aliphatic carbocycles. The minimum atomic E-state index is 0.705. The van der Waals surface area contributed by atoms with Crippen LogP contribution in [0.15, 0.2) is 12.3 Å². The number of aromatic nitrogens is 1. The summed E-state index contributed by atoms with van der Waals surface area (Å²) in [5, 5.41) is 0. The molecule has 1 rings (SSSR count). The van der Waals surface area contributed by atoms with Crippen LogP contribution in [-0.4, -0.2) is 4.98 Å². The quantitative estimate of drug-likeness (QED) is 0.720. The molecule has 2 heteroatoms. The predicted molar refractivity (Wildman–Crippen MR) is 56.6 cm³/mol. The average molecular weight is 178 g/mol. The molecule has 1 aromatic heterocycles. The fourth-order valence-corrected chi connectivity index (χ4v) is 1.49. The Balaban J connectivity index is 2.64. The first kappa shape index (κ1) is 10.0. The molecule has 2 N–H and O–H groups in total. The first-order valence-corrected chi connectivity index (χ1v) is 4.95. The number of pyridine rings is 1. The van der Waals surface area contributed by atoms with E-state index >= 15 is 0 Å². The van der Waals surface area contributed by atoms with Crippen molar-refractivity contribution >= 4 is 5.82 Å². The van der Waals surface area contributed by atoms with Crippen molar-refractivity contribution in [3.63, 3.8) is 0 Å². The van der Waals surface area contributed by atoms with Crippen LogP contribution in [0.25, 0.3) is 0 Å². The van der Waals surface area contributed by atoms with Gasteiger partial charge in [0.25, 0.3) is 0 Å². The molecule has 2 nitrogen and oxygen atoms in total. The average Bonchev–Trinajstić information content (AvgIpc) is 2.10. The van der Waals surface area contributed by atoms with Crippen LogP contribution in [0, 0.1) is 6.92 Å². The van der Waals surface area contributed by atoms with Gasteiger partial charge < -0.3 is 5.73 Å². The lowest BCUT2D eigenvalue weighted by atomic mass is 10.0. The van der Waals surface area contributed by atoms with Gasteiger partial charge in [-0.1, -0.05) is 19.8 Å². The van der Waals surface area contributed by atoms with Crippen molar-refractivity contribution in [2.24, 2.45) is 0 Å². The minimum absolute atomic E-state index is 0.705. The SMILES string of the molecule is CCCCCc1c(C)ccnc1N. The number of hydrogen-bond donors (Lipinski definition) is 1. The summed E-state index contributed by atoms with van der Waals surface area (Å²) in [6.45, 7) is 4.30. The number of nitrogens with zero attached hydrogens (tertiary/aromatic N) is 1. The van der Waals surface area contributed by atoms with Crippen LogP contribution in [0.2, 0.25) is 0 Å². The number of aryl methyl sites for hydroxylation is 1. The zero-order valence-corrected chi connectivity index (χ0v) is 8.51. The normalized spacial score (nSPS) is 10.3. The van der Waals surface area contributed by atoms with Crippen LogP contribution in [-0.2, 0) is 6.42 Å². The van der Waals surface area contributed by atoms with E-state index in [1.165, 1.54) is 30.4 Å². The molecule has 0 amide bonds. The van der Waals surface area contributed by atoms with Crippen molar-refractivity contribution in [3.05, 3.63) is 23.4 Å². The van der Waals surface area contributed by atoms with Crippen LogP contribution in [0.3, 0.4) is 0 Å². The van der Waals surface area contributed by atoms with Gasteiger partial charge in [0, 0.05) is 6.20 Å². The van der Waals surface area contributed by atoms with Gasteiger partial charge in [0.05, 0.1) is 0 Å². The molecule has 0 radical (unpaired) electrons. The summed E-state index contributed by atoms with van der Waals surface area (Å²) in [7, 11) is 0. The first-order chi connectivity index (χ1) is 6.25. The summed E-state index contributed by atoms with van der Waals surface area (Å²) < 4.78 is 0. The monoisotopic (exact) mass is 178 g/mol. The van der Waals surface area contributed by atoms with E-state index in [2.05, 4.69) is 18.8 Å². The van der Waals surface area contributed by atoms with Crippen molar-refractivity contribution < 1.29 is 0 Å². The highest BCUT2D eigenvalue weighted by Gasteiger charge is 2.02. The maximum Gasteiger partial charge on any atom is 0.126 e. The Morgan fingerprint density at radius 2 is 2.15 bits per heavy atom. The zero-order chi connectivity index (χ0) is 9.68. The molecule has 0 aliphatic rings. The summed E-state index contributed by atoms with van der Waals surface area (Å²) in [5.74, 6) is 0.705. The van der Waals surface area contributed by atoms with E-state index in [0.717, 1.165) is 6.42 Å². The number of nitrogens with two attached hydrogens (primary N) is 1. The molecule has 0 unspecified atom stereocenters. The second-order valence-corrected chi connectivity index (χ2v) is 3.45. The van der Waals surface area contributed by atoms with E-state index in [9.17, 15) is 0 Å². The maximum atomic E-state index is 5.79. The van der Waals surface area contributed by atoms with Crippen molar-refractivity contribution in [2.45, 2.75) is 39.5 Å². The number of unbranched alkanes of at least 4 members (excludes halogenated alkanes) is 2.